The fraction of sp³-hybridized carbons (Fsp3) is 0.200. The summed E-state index contributed by atoms with van der Waals surface area (Å²) in [5.41, 5.74) is 1.70. The summed E-state index contributed by atoms with van der Waals surface area (Å²) in [7, 11) is 0. The zero-order valence-corrected chi connectivity index (χ0v) is 9.06. The highest BCUT2D eigenvalue weighted by atomic mass is 32.1. The predicted molar refractivity (Wildman–Crippen MR) is 55.1 cm³/mol. The van der Waals surface area contributed by atoms with Gasteiger partial charge in [0.2, 0.25) is 5.01 Å². The zero-order chi connectivity index (χ0) is 11.8. The lowest BCUT2D eigenvalue weighted by Crippen LogP contribution is -2.03. The average molecular weight is 244 g/mol. The fourth-order valence-corrected chi connectivity index (χ4v) is 1.87. The van der Waals surface area contributed by atoms with E-state index >= 15 is 0 Å². The van der Waals surface area contributed by atoms with Gasteiger partial charge in [0.25, 0.3) is 0 Å². The molecule has 0 spiro atoms. The second kappa shape index (κ2) is 3.86. The third kappa shape index (κ3) is 2.21. The van der Waals surface area contributed by atoms with Gasteiger partial charge >= 0.3 is 6.18 Å². The summed E-state index contributed by atoms with van der Waals surface area (Å²) < 4.78 is 36.9. The third-order valence-corrected chi connectivity index (χ3v) is 2.98. The summed E-state index contributed by atoms with van der Waals surface area (Å²) in [5.74, 6) is 0. The summed E-state index contributed by atoms with van der Waals surface area (Å²) >= 11 is 0.552. The van der Waals surface area contributed by atoms with Gasteiger partial charge < -0.3 is 0 Å². The number of aryl methyl sites for hydroxylation is 1. The van der Waals surface area contributed by atoms with Gasteiger partial charge in [0.1, 0.15) is 5.01 Å². The molecule has 0 aliphatic rings. The van der Waals surface area contributed by atoms with Crippen LogP contribution in [0.25, 0.3) is 10.6 Å². The first-order valence-corrected chi connectivity index (χ1v) is 5.26. The van der Waals surface area contributed by atoms with Gasteiger partial charge in [-0.2, -0.15) is 13.2 Å². The van der Waals surface area contributed by atoms with Crippen LogP contribution in [0.2, 0.25) is 0 Å². The van der Waals surface area contributed by atoms with Crippen molar-refractivity contribution < 1.29 is 13.2 Å². The molecular weight excluding hydrogens is 237 g/mol. The molecule has 0 bridgehead atoms. The number of benzene rings is 1. The van der Waals surface area contributed by atoms with Crippen LogP contribution >= 0.6 is 11.3 Å². The van der Waals surface area contributed by atoms with E-state index in [0.717, 1.165) is 5.56 Å². The van der Waals surface area contributed by atoms with E-state index in [9.17, 15) is 13.2 Å². The van der Waals surface area contributed by atoms with Crippen molar-refractivity contribution >= 4 is 11.3 Å². The van der Waals surface area contributed by atoms with Gasteiger partial charge in [-0.05, 0) is 6.92 Å². The number of alkyl halides is 3. The molecule has 1 heterocycles. The quantitative estimate of drug-likeness (QED) is 0.766. The maximum atomic E-state index is 12.3. The van der Waals surface area contributed by atoms with E-state index in [1.165, 1.54) is 0 Å². The minimum absolute atomic E-state index is 0.285. The summed E-state index contributed by atoms with van der Waals surface area (Å²) in [4.78, 5) is 0. The minimum atomic E-state index is -4.42. The summed E-state index contributed by atoms with van der Waals surface area (Å²) in [6.07, 6.45) is -4.42. The first kappa shape index (κ1) is 11.1. The lowest BCUT2D eigenvalue weighted by Gasteiger charge is -1.98. The van der Waals surface area contributed by atoms with Crippen LogP contribution in [0.1, 0.15) is 10.6 Å². The molecule has 6 heteroatoms. The van der Waals surface area contributed by atoms with Crippen LogP contribution in [0.4, 0.5) is 13.2 Å². The Balaban J connectivity index is 2.35. The molecule has 2 aromatic rings. The molecule has 2 rings (SSSR count). The maximum Gasteiger partial charge on any atom is 0.445 e. The molecule has 0 N–H and O–H groups in total. The van der Waals surface area contributed by atoms with Gasteiger partial charge in [-0.3, -0.25) is 0 Å². The summed E-state index contributed by atoms with van der Waals surface area (Å²) in [6.45, 7) is 1.91. The Labute approximate surface area is 93.8 Å². The number of rotatable bonds is 1. The molecule has 0 amide bonds. The molecule has 0 atom stereocenters. The highest BCUT2D eigenvalue weighted by Gasteiger charge is 2.35. The second-order valence-electron chi connectivity index (χ2n) is 3.28. The van der Waals surface area contributed by atoms with Gasteiger partial charge in [-0.15, -0.1) is 10.2 Å². The predicted octanol–water partition coefficient (Wildman–Crippen LogP) is 3.53. The van der Waals surface area contributed by atoms with Crippen LogP contribution in [-0.4, -0.2) is 10.2 Å². The van der Waals surface area contributed by atoms with Crippen LogP contribution in [0.3, 0.4) is 0 Å². The number of halogens is 3. The van der Waals surface area contributed by atoms with E-state index in [-0.39, 0.29) is 5.01 Å². The molecule has 2 nitrogen and oxygen atoms in total. The van der Waals surface area contributed by atoms with Gasteiger partial charge in [0.05, 0.1) is 0 Å². The maximum absolute atomic E-state index is 12.3. The van der Waals surface area contributed by atoms with Crippen LogP contribution < -0.4 is 0 Å². The smallest absolute Gasteiger partial charge is 0.164 e. The number of aromatic nitrogens is 2. The molecule has 16 heavy (non-hydrogen) atoms. The Kier molecular flexibility index (Phi) is 2.67. The number of nitrogens with zero attached hydrogens (tertiary/aromatic N) is 2. The average Bonchev–Trinajstić information content (AvgIpc) is 2.67. The van der Waals surface area contributed by atoms with Gasteiger partial charge in [0, 0.05) is 5.56 Å². The van der Waals surface area contributed by atoms with E-state index < -0.39 is 11.2 Å². The van der Waals surface area contributed by atoms with Crippen molar-refractivity contribution in [2.45, 2.75) is 13.1 Å². The van der Waals surface area contributed by atoms with Crippen molar-refractivity contribution in [1.82, 2.24) is 10.2 Å². The fourth-order valence-electron chi connectivity index (χ4n) is 1.15. The molecule has 1 aromatic carbocycles. The summed E-state index contributed by atoms with van der Waals surface area (Å²) in [6, 6.07) is 7.11. The van der Waals surface area contributed by atoms with Crippen molar-refractivity contribution in [3.63, 3.8) is 0 Å². The van der Waals surface area contributed by atoms with E-state index in [0.29, 0.717) is 16.9 Å². The van der Waals surface area contributed by atoms with Crippen molar-refractivity contribution in [3.8, 4) is 10.6 Å². The second-order valence-corrected chi connectivity index (χ2v) is 4.25. The molecule has 0 aliphatic carbocycles. The summed E-state index contributed by atoms with van der Waals surface area (Å²) in [5, 5.41) is 6.03. The SMILES string of the molecule is Cc1ccc(-c2nnc(C(F)(F)F)s2)cc1. The molecule has 1 aromatic heterocycles. The Morgan fingerprint density at radius 2 is 1.69 bits per heavy atom. The zero-order valence-electron chi connectivity index (χ0n) is 8.25. The number of hydrogen-bond donors (Lipinski definition) is 0. The van der Waals surface area contributed by atoms with E-state index in [2.05, 4.69) is 10.2 Å². The first-order chi connectivity index (χ1) is 7.47. The molecule has 84 valence electrons. The highest BCUT2D eigenvalue weighted by Crippen LogP contribution is 2.34. The van der Waals surface area contributed by atoms with Crippen LogP contribution in [0.5, 0.6) is 0 Å². The Hall–Kier alpha value is -1.43. The standard InChI is InChI=1S/C10H7F3N2S/c1-6-2-4-7(5-3-6)8-14-15-9(16-8)10(11,12)13/h2-5H,1H3. The Bertz CT molecular complexity index is 488. The lowest BCUT2D eigenvalue weighted by atomic mass is 10.2. The Morgan fingerprint density at radius 1 is 1.06 bits per heavy atom. The van der Waals surface area contributed by atoms with Crippen LogP contribution in [0.15, 0.2) is 24.3 Å². The number of hydrogen-bond acceptors (Lipinski definition) is 3. The van der Waals surface area contributed by atoms with Gasteiger partial charge in [0.15, 0.2) is 0 Å². The van der Waals surface area contributed by atoms with Gasteiger partial charge in [-0.25, -0.2) is 0 Å². The molecule has 0 aliphatic heterocycles. The minimum Gasteiger partial charge on any atom is -0.164 e. The molecular formula is C10H7F3N2S. The highest BCUT2D eigenvalue weighted by molar-refractivity contribution is 7.14. The first-order valence-electron chi connectivity index (χ1n) is 4.44. The van der Waals surface area contributed by atoms with Crippen LogP contribution in [0, 0.1) is 6.92 Å². The molecule has 0 fully saturated rings. The van der Waals surface area contributed by atoms with Crippen LogP contribution in [-0.2, 0) is 6.18 Å². The van der Waals surface area contributed by atoms with E-state index in [4.69, 9.17) is 0 Å². The monoisotopic (exact) mass is 244 g/mol. The molecule has 0 unspecified atom stereocenters. The topological polar surface area (TPSA) is 25.8 Å². The van der Waals surface area contributed by atoms with E-state index in [1.807, 2.05) is 19.1 Å². The molecule has 0 radical (unpaired) electrons. The largest absolute Gasteiger partial charge is 0.445 e. The third-order valence-electron chi connectivity index (χ3n) is 1.97. The van der Waals surface area contributed by atoms with Crippen molar-refractivity contribution in [1.29, 1.82) is 0 Å². The molecule has 0 saturated carbocycles. The normalized spacial score (nSPS) is 11.8. The molecule has 0 saturated heterocycles. The van der Waals surface area contributed by atoms with Crippen molar-refractivity contribution in [3.05, 3.63) is 34.8 Å². The van der Waals surface area contributed by atoms with Crippen molar-refractivity contribution in [2.75, 3.05) is 0 Å². The Morgan fingerprint density at radius 3 is 2.19 bits per heavy atom. The van der Waals surface area contributed by atoms with E-state index in [1.54, 1.807) is 12.1 Å². The lowest BCUT2D eigenvalue weighted by molar-refractivity contribution is -0.138. The van der Waals surface area contributed by atoms with Gasteiger partial charge in [-0.1, -0.05) is 41.2 Å². The van der Waals surface area contributed by atoms with Crippen molar-refractivity contribution in [2.24, 2.45) is 0 Å².